The lowest BCUT2D eigenvalue weighted by Gasteiger charge is -2.01. The van der Waals surface area contributed by atoms with Crippen molar-refractivity contribution in [1.29, 1.82) is 0 Å². The highest BCUT2D eigenvalue weighted by atomic mass is 32.1. The molecule has 4 nitrogen and oxygen atoms in total. The van der Waals surface area contributed by atoms with Crippen molar-refractivity contribution in [3.63, 3.8) is 0 Å². The number of nitrogens with one attached hydrogen (secondary N) is 2. The van der Waals surface area contributed by atoms with Gasteiger partial charge in [0, 0.05) is 22.8 Å². The topological polar surface area (TPSA) is 57.8 Å². The van der Waals surface area contributed by atoms with E-state index in [0.717, 1.165) is 26.4 Å². The minimum atomic E-state index is -0.0186. The van der Waals surface area contributed by atoms with E-state index < -0.39 is 0 Å². The van der Waals surface area contributed by atoms with Gasteiger partial charge in [0.1, 0.15) is 10.5 Å². The lowest BCUT2D eigenvalue weighted by Crippen LogP contribution is -2.18. The van der Waals surface area contributed by atoms with Crippen molar-refractivity contribution >= 4 is 38.2 Å². The zero-order valence-corrected chi connectivity index (χ0v) is 13.4. The number of nitrogens with zero attached hydrogens (tertiary/aromatic N) is 1. The number of hydrogen-bond acceptors (Lipinski definition) is 3. The van der Waals surface area contributed by atoms with Gasteiger partial charge in [-0.15, -0.1) is 11.3 Å². The molecule has 0 aliphatic rings. The normalized spacial score (nSPS) is 11.2. The van der Waals surface area contributed by atoms with E-state index >= 15 is 0 Å². The summed E-state index contributed by atoms with van der Waals surface area (Å²) in [5, 5.41) is 13.9. The lowest BCUT2D eigenvalue weighted by molar-refractivity contribution is -0.119. The summed E-state index contributed by atoms with van der Waals surface area (Å²) in [6.45, 7) is 2.08. The average molecular weight is 321 g/mol. The number of carbonyl (C=O) groups is 1. The Balaban J connectivity index is 1.76. The minimum Gasteiger partial charge on any atom is -0.351 e. The first-order valence-electron chi connectivity index (χ1n) is 7.41. The quantitative estimate of drug-likeness (QED) is 0.597. The summed E-state index contributed by atoms with van der Waals surface area (Å²) < 4.78 is 0. The number of amides is 1. The van der Waals surface area contributed by atoms with Crippen molar-refractivity contribution in [2.45, 2.75) is 13.5 Å². The fraction of sp³-hybridized carbons (Fsp3) is 0.111. The molecule has 23 heavy (non-hydrogen) atoms. The van der Waals surface area contributed by atoms with Crippen molar-refractivity contribution in [3.05, 3.63) is 53.4 Å². The van der Waals surface area contributed by atoms with Gasteiger partial charge in [0.15, 0.2) is 0 Å². The fourth-order valence-corrected chi connectivity index (χ4v) is 3.66. The maximum absolute atomic E-state index is 11.1. The zero-order chi connectivity index (χ0) is 15.8. The zero-order valence-electron chi connectivity index (χ0n) is 12.6. The van der Waals surface area contributed by atoms with E-state index in [1.54, 1.807) is 11.3 Å². The van der Waals surface area contributed by atoms with Crippen LogP contribution in [0, 0.1) is 0 Å². The van der Waals surface area contributed by atoms with Crippen molar-refractivity contribution in [3.8, 4) is 11.3 Å². The molecule has 4 aromatic rings. The van der Waals surface area contributed by atoms with Crippen LogP contribution in [0.1, 0.15) is 11.8 Å². The maximum atomic E-state index is 11.1. The predicted molar refractivity (Wildman–Crippen MR) is 94.4 cm³/mol. The van der Waals surface area contributed by atoms with E-state index in [4.69, 9.17) is 0 Å². The predicted octanol–water partition coefficient (Wildman–Crippen LogP) is 4.08. The molecule has 5 heteroatoms. The number of carbonyl (C=O) groups excluding carboxylic acids is 1. The molecule has 0 aliphatic carbocycles. The van der Waals surface area contributed by atoms with Gasteiger partial charge in [-0.2, -0.15) is 5.10 Å². The summed E-state index contributed by atoms with van der Waals surface area (Å²) >= 11 is 1.63. The Bertz CT molecular complexity index is 1020. The van der Waals surface area contributed by atoms with Crippen molar-refractivity contribution in [1.82, 2.24) is 15.5 Å². The highest BCUT2D eigenvalue weighted by Crippen LogP contribution is 2.33. The minimum absolute atomic E-state index is 0.0186. The molecule has 0 unspecified atom stereocenters. The maximum Gasteiger partial charge on any atom is 0.217 e. The number of rotatable bonds is 3. The summed E-state index contributed by atoms with van der Waals surface area (Å²) in [6.07, 6.45) is 0. The van der Waals surface area contributed by atoms with Crippen molar-refractivity contribution in [2.75, 3.05) is 0 Å². The molecule has 0 radical (unpaired) electrons. The number of thiophene rings is 1. The Kier molecular flexibility index (Phi) is 3.35. The smallest absolute Gasteiger partial charge is 0.217 e. The first-order chi connectivity index (χ1) is 11.2. The summed E-state index contributed by atoms with van der Waals surface area (Å²) in [6, 6.07) is 16.8. The average Bonchev–Trinajstić information content (AvgIpc) is 3.12. The van der Waals surface area contributed by atoms with E-state index in [0.29, 0.717) is 6.54 Å². The molecule has 2 aromatic carbocycles. The number of H-pyrrole nitrogens is 1. The van der Waals surface area contributed by atoms with Gasteiger partial charge in [-0.05, 0) is 22.9 Å². The summed E-state index contributed by atoms with van der Waals surface area (Å²) in [7, 11) is 0. The van der Waals surface area contributed by atoms with Crippen LogP contribution in [0.4, 0.5) is 0 Å². The monoisotopic (exact) mass is 321 g/mol. The first kappa shape index (κ1) is 14.0. The van der Waals surface area contributed by atoms with Gasteiger partial charge in [0.2, 0.25) is 5.91 Å². The lowest BCUT2D eigenvalue weighted by atomic mass is 10.0. The van der Waals surface area contributed by atoms with E-state index in [1.165, 1.54) is 17.7 Å². The molecule has 0 atom stereocenters. The van der Waals surface area contributed by atoms with Gasteiger partial charge < -0.3 is 5.32 Å². The molecule has 0 aliphatic heterocycles. The number of hydrogen-bond donors (Lipinski definition) is 2. The fourth-order valence-electron chi connectivity index (χ4n) is 2.72. The molecule has 0 saturated heterocycles. The molecule has 2 aromatic heterocycles. The van der Waals surface area contributed by atoms with E-state index in [-0.39, 0.29) is 5.91 Å². The molecule has 1 amide bonds. The molecule has 114 valence electrons. The van der Waals surface area contributed by atoms with Gasteiger partial charge in [0.05, 0.1) is 6.54 Å². The second-order valence-corrected chi connectivity index (χ2v) is 6.64. The Morgan fingerprint density at radius 2 is 2.00 bits per heavy atom. The highest BCUT2D eigenvalue weighted by Gasteiger charge is 2.12. The molecular formula is C18H15N3OS. The van der Waals surface area contributed by atoms with Gasteiger partial charge in [-0.25, -0.2) is 0 Å². The third-order valence-corrected chi connectivity index (χ3v) is 4.88. The second-order valence-electron chi connectivity index (χ2n) is 5.50. The molecule has 0 fully saturated rings. The highest BCUT2D eigenvalue weighted by molar-refractivity contribution is 7.18. The van der Waals surface area contributed by atoms with Crippen molar-refractivity contribution in [2.24, 2.45) is 0 Å². The molecule has 0 saturated carbocycles. The molecule has 0 spiro atoms. The molecular weight excluding hydrogens is 306 g/mol. The molecule has 4 rings (SSSR count). The van der Waals surface area contributed by atoms with Crippen LogP contribution in [0.5, 0.6) is 0 Å². The Hall–Kier alpha value is -2.66. The largest absolute Gasteiger partial charge is 0.351 e. The second kappa shape index (κ2) is 5.52. The Labute approximate surface area is 137 Å². The number of fused-ring (bicyclic) bond motifs is 2. The SMILES string of the molecule is CC(=O)NCc1cc2c(-c3ccc4ccccc4c3)n[nH]c2s1. The van der Waals surface area contributed by atoms with Gasteiger partial charge in [-0.3, -0.25) is 9.89 Å². The van der Waals surface area contributed by atoms with Gasteiger partial charge in [-0.1, -0.05) is 36.4 Å². The first-order valence-corrected chi connectivity index (χ1v) is 8.23. The van der Waals surface area contributed by atoms with Crippen LogP contribution in [0.2, 0.25) is 0 Å². The van der Waals surface area contributed by atoms with Crippen LogP contribution >= 0.6 is 11.3 Å². The molecule has 2 N–H and O–H groups in total. The van der Waals surface area contributed by atoms with Crippen LogP contribution < -0.4 is 5.32 Å². The number of aromatic amines is 1. The number of benzene rings is 2. The van der Waals surface area contributed by atoms with Crippen LogP contribution in [0.3, 0.4) is 0 Å². The Morgan fingerprint density at radius 1 is 1.17 bits per heavy atom. The third-order valence-electron chi connectivity index (χ3n) is 3.84. The summed E-state index contributed by atoms with van der Waals surface area (Å²) in [5.74, 6) is -0.0186. The standard InChI is InChI=1S/C18H15N3OS/c1-11(22)19-10-15-9-16-17(20-21-18(16)23-15)14-7-6-12-4-2-3-5-13(12)8-14/h2-9H,10H2,1H3,(H,19,22)(H,20,21). The molecule has 0 bridgehead atoms. The van der Waals surface area contributed by atoms with Crippen LogP contribution in [-0.2, 0) is 11.3 Å². The summed E-state index contributed by atoms with van der Waals surface area (Å²) in [5.41, 5.74) is 2.05. The molecule has 2 heterocycles. The summed E-state index contributed by atoms with van der Waals surface area (Å²) in [4.78, 5) is 13.2. The van der Waals surface area contributed by atoms with Crippen LogP contribution in [0.15, 0.2) is 48.5 Å². The van der Waals surface area contributed by atoms with E-state index in [1.807, 2.05) is 12.1 Å². The van der Waals surface area contributed by atoms with E-state index in [2.05, 4.69) is 51.9 Å². The van der Waals surface area contributed by atoms with E-state index in [9.17, 15) is 4.79 Å². The Morgan fingerprint density at radius 3 is 2.83 bits per heavy atom. The van der Waals surface area contributed by atoms with Gasteiger partial charge in [0.25, 0.3) is 0 Å². The van der Waals surface area contributed by atoms with Crippen molar-refractivity contribution < 1.29 is 4.79 Å². The number of aromatic nitrogens is 2. The van der Waals surface area contributed by atoms with Gasteiger partial charge >= 0.3 is 0 Å². The third kappa shape index (κ3) is 2.59. The van der Waals surface area contributed by atoms with Crippen LogP contribution in [-0.4, -0.2) is 16.1 Å². The van der Waals surface area contributed by atoms with Crippen LogP contribution in [0.25, 0.3) is 32.2 Å².